The lowest BCUT2D eigenvalue weighted by atomic mass is 9.81. The fraction of sp³-hybridized carbons (Fsp3) is 0.125. The van der Waals surface area contributed by atoms with Gasteiger partial charge in [0.2, 0.25) is 0 Å². The number of rotatable bonds is 2. The molecule has 0 fully saturated rings. The topological polar surface area (TPSA) is 0 Å². The van der Waals surface area contributed by atoms with Gasteiger partial charge in [-0.25, -0.2) is 0 Å². The van der Waals surface area contributed by atoms with Gasteiger partial charge in [-0.1, -0.05) is 116 Å². The average molecular weight is 411 g/mol. The summed E-state index contributed by atoms with van der Waals surface area (Å²) >= 11 is 0. The van der Waals surface area contributed by atoms with Crippen LogP contribution in [0.3, 0.4) is 0 Å². The molecule has 154 valence electrons. The zero-order valence-corrected chi connectivity index (χ0v) is 18.8. The van der Waals surface area contributed by atoms with Gasteiger partial charge in [0.15, 0.2) is 0 Å². The Bertz CT molecular complexity index is 1480. The minimum atomic E-state index is 0.0135. The maximum atomic E-state index is 2.42. The van der Waals surface area contributed by atoms with Crippen LogP contribution in [0.25, 0.3) is 44.2 Å². The van der Waals surface area contributed by atoms with E-state index in [1.54, 1.807) is 0 Å². The first-order valence-electron chi connectivity index (χ1n) is 11.4. The maximum absolute atomic E-state index is 2.42. The van der Waals surface area contributed by atoms with Gasteiger partial charge in [-0.2, -0.15) is 0 Å². The Hall–Kier alpha value is -3.64. The monoisotopic (exact) mass is 410 g/mol. The van der Waals surface area contributed by atoms with Crippen molar-refractivity contribution in [2.75, 3.05) is 0 Å². The molecule has 1 aliphatic carbocycles. The van der Waals surface area contributed by atoms with Crippen molar-refractivity contribution >= 4 is 10.8 Å². The third-order valence-corrected chi connectivity index (χ3v) is 7.18. The molecule has 0 N–H and O–H groups in total. The molecule has 0 saturated carbocycles. The van der Waals surface area contributed by atoms with Gasteiger partial charge >= 0.3 is 0 Å². The van der Waals surface area contributed by atoms with E-state index < -0.39 is 0 Å². The normalized spacial score (nSPS) is 13.7. The molecule has 0 aromatic heterocycles. The maximum Gasteiger partial charge on any atom is 0.0159 e. The van der Waals surface area contributed by atoms with Gasteiger partial charge < -0.3 is 0 Å². The molecule has 0 bridgehead atoms. The summed E-state index contributed by atoms with van der Waals surface area (Å²) in [6.07, 6.45) is 0. The van der Waals surface area contributed by atoms with E-state index in [-0.39, 0.29) is 5.41 Å². The van der Waals surface area contributed by atoms with Crippen LogP contribution in [0.2, 0.25) is 0 Å². The Morgan fingerprint density at radius 3 is 1.72 bits per heavy atom. The van der Waals surface area contributed by atoms with Gasteiger partial charge in [0, 0.05) is 5.41 Å². The third-order valence-electron chi connectivity index (χ3n) is 7.18. The highest BCUT2D eigenvalue weighted by molar-refractivity contribution is 6.05. The second kappa shape index (κ2) is 6.93. The summed E-state index contributed by atoms with van der Waals surface area (Å²) in [6.45, 7) is 6.83. The highest BCUT2D eigenvalue weighted by atomic mass is 14.4. The van der Waals surface area contributed by atoms with Crippen molar-refractivity contribution in [3.8, 4) is 33.4 Å². The number of hydrogen-bond acceptors (Lipinski definition) is 0. The van der Waals surface area contributed by atoms with Crippen LogP contribution in [0, 0.1) is 6.92 Å². The SMILES string of the molecule is Cc1ccc(-c2ccc(-c3ccc4c(c3)C(C)(C)c3ccccc3-4)c3ccccc23)cc1. The van der Waals surface area contributed by atoms with E-state index in [2.05, 4.69) is 124 Å². The van der Waals surface area contributed by atoms with Gasteiger partial charge in [-0.3, -0.25) is 0 Å². The first kappa shape index (κ1) is 19.1. The molecular weight excluding hydrogens is 384 g/mol. The highest BCUT2D eigenvalue weighted by Gasteiger charge is 2.35. The summed E-state index contributed by atoms with van der Waals surface area (Å²) in [6, 6.07) is 38.1. The van der Waals surface area contributed by atoms with Crippen molar-refractivity contribution < 1.29 is 0 Å². The van der Waals surface area contributed by atoms with Crippen LogP contribution < -0.4 is 0 Å². The molecule has 0 spiro atoms. The Kier molecular flexibility index (Phi) is 4.13. The van der Waals surface area contributed by atoms with E-state index in [9.17, 15) is 0 Å². The Balaban J connectivity index is 1.54. The fourth-order valence-corrected chi connectivity index (χ4v) is 5.41. The smallest absolute Gasteiger partial charge is 0.0159 e. The summed E-state index contributed by atoms with van der Waals surface area (Å²) < 4.78 is 0. The first-order chi connectivity index (χ1) is 15.5. The molecule has 0 atom stereocenters. The van der Waals surface area contributed by atoms with Gasteiger partial charge in [0.05, 0.1) is 0 Å². The van der Waals surface area contributed by atoms with Gasteiger partial charge in [0.25, 0.3) is 0 Å². The lowest BCUT2D eigenvalue weighted by molar-refractivity contribution is 0.660. The first-order valence-corrected chi connectivity index (χ1v) is 11.4. The second-order valence-electron chi connectivity index (χ2n) is 9.50. The van der Waals surface area contributed by atoms with Crippen molar-refractivity contribution in [1.82, 2.24) is 0 Å². The quantitative estimate of drug-likeness (QED) is 0.273. The molecule has 0 heteroatoms. The van der Waals surface area contributed by atoms with E-state index in [0.29, 0.717) is 0 Å². The standard InChI is InChI=1S/C32H26/c1-21-12-14-22(15-13-21)24-18-19-25(27-9-5-4-8-26(24)27)23-16-17-29-28-10-6-7-11-30(28)32(2,3)31(29)20-23/h4-20H,1-3H3. The molecule has 5 aromatic rings. The Labute approximate surface area is 190 Å². The summed E-state index contributed by atoms with van der Waals surface area (Å²) in [5, 5.41) is 2.61. The Morgan fingerprint density at radius 1 is 0.469 bits per heavy atom. The van der Waals surface area contributed by atoms with Crippen LogP contribution in [0.5, 0.6) is 0 Å². The molecule has 0 radical (unpaired) electrons. The number of hydrogen-bond donors (Lipinski definition) is 0. The summed E-state index contributed by atoms with van der Waals surface area (Å²) in [4.78, 5) is 0. The van der Waals surface area contributed by atoms with Crippen LogP contribution in [0.15, 0.2) is 103 Å². The van der Waals surface area contributed by atoms with E-state index >= 15 is 0 Å². The molecular formula is C32H26. The molecule has 0 unspecified atom stereocenters. The molecule has 5 aromatic carbocycles. The van der Waals surface area contributed by atoms with Crippen LogP contribution >= 0.6 is 0 Å². The average Bonchev–Trinajstić information content (AvgIpc) is 3.06. The predicted molar refractivity (Wildman–Crippen MR) is 137 cm³/mol. The predicted octanol–water partition coefficient (Wildman–Crippen LogP) is 8.79. The lowest BCUT2D eigenvalue weighted by Gasteiger charge is -2.22. The molecule has 6 rings (SSSR count). The Morgan fingerprint density at radius 2 is 1.00 bits per heavy atom. The molecule has 0 aliphatic heterocycles. The van der Waals surface area contributed by atoms with Gasteiger partial charge in [-0.05, 0) is 68.3 Å². The zero-order chi connectivity index (χ0) is 21.9. The fourth-order valence-electron chi connectivity index (χ4n) is 5.41. The summed E-state index contributed by atoms with van der Waals surface area (Å²) in [7, 11) is 0. The van der Waals surface area contributed by atoms with E-state index in [1.165, 1.54) is 60.8 Å². The molecule has 32 heavy (non-hydrogen) atoms. The van der Waals surface area contributed by atoms with Crippen molar-refractivity contribution in [2.45, 2.75) is 26.2 Å². The number of fused-ring (bicyclic) bond motifs is 4. The minimum absolute atomic E-state index is 0.0135. The zero-order valence-electron chi connectivity index (χ0n) is 18.8. The third kappa shape index (κ3) is 2.76. The van der Waals surface area contributed by atoms with Crippen LogP contribution in [-0.4, -0.2) is 0 Å². The molecule has 0 amide bonds. The molecule has 0 saturated heterocycles. The van der Waals surface area contributed by atoms with E-state index in [0.717, 1.165) is 0 Å². The van der Waals surface area contributed by atoms with Crippen molar-refractivity contribution in [3.63, 3.8) is 0 Å². The minimum Gasteiger partial charge on any atom is -0.0619 e. The second-order valence-corrected chi connectivity index (χ2v) is 9.50. The number of benzene rings is 5. The van der Waals surface area contributed by atoms with Gasteiger partial charge in [0.1, 0.15) is 0 Å². The van der Waals surface area contributed by atoms with Crippen molar-refractivity contribution in [1.29, 1.82) is 0 Å². The van der Waals surface area contributed by atoms with Crippen LogP contribution in [0.1, 0.15) is 30.5 Å². The van der Waals surface area contributed by atoms with Crippen molar-refractivity contribution in [3.05, 3.63) is 120 Å². The largest absolute Gasteiger partial charge is 0.0619 e. The van der Waals surface area contributed by atoms with Crippen LogP contribution in [-0.2, 0) is 5.41 Å². The molecule has 0 heterocycles. The van der Waals surface area contributed by atoms with Gasteiger partial charge in [-0.15, -0.1) is 0 Å². The van der Waals surface area contributed by atoms with E-state index in [4.69, 9.17) is 0 Å². The van der Waals surface area contributed by atoms with E-state index in [1.807, 2.05) is 0 Å². The summed E-state index contributed by atoms with van der Waals surface area (Å²) in [5.74, 6) is 0. The summed E-state index contributed by atoms with van der Waals surface area (Å²) in [5.41, 5.74) is 12.0. The highest BCUT2D eigenvalue weighted by Crippen LogP contribution is 2.50. The number of aryl methyl sites for hydroxylation is 1. The molecule has 1 aliphatic rings. The lowest BCUT2D eigenvalue weighted by Crippen LogP contribution is -2.14. The molecule has 0 nitrogen and oxygen atoms in total. The van der Waals surface area contributed by atoms with Crippen molar-refractivity contribution in [2.24, 2.45) is 0 Å². The van der Waals surface area contributed by atoms with Crippen LogP contribution in [0.4, 0.5) is 0 Å².